The second kappa shape index (κ2) is 18.7. The number of rotatable bonds is 12. The van der Waals surface area contributed by atoms with Crippen molar-refractivity contribution in [2.45, 2.75) is 130 Å². The highest BCUT2D eigenvalue weighted by Crippen LogP contribution is 2.69. The fraction of sp³-hybridized carbons (Fsp3) is 0.800. The predicted octanol–water partition coefficient (Wildman–Crippen LogP) is 6.00. The summed E-state index contributed by atoms with van der Waals surface area (Å²) in [5, 5.41) is 22.7. The number of nitrogens with zero attached hydrogens (tertiary/aromatic N) is 5. The summed E-state index contributed by atoms with van der Waals surface area (Å²) in [5.74, 6) is 4.90. The average molecular weight is 860 g/mol. The molecule has 11 atom stereocenters. The molecule has 3 aliphatic heterocycles. The number of fused-ring (bicyclic) bond motifs is 5. The number of hydrogen-bond donors (Lipinski definition) is 2. The molecule has 2 N–H and O–H groups in total. The monoisotopic (exact) mass is 860 g/mol. The van der Waals surface area contributed by atoms with Crippen LogP contribution in [-0.2, 0) is 25.6 Å². The zero-order valence-corrected chi connectivity index (χ0v) is 38.4. The van der Waals surface area contributed by atoms with Crippen LogP contribution < -0.4 is 4.90 Å². The number of hydrogen-bond acceptors (Lipinski definition) is 8. The Balaban J connectivity index is 0.734. The van der Waals surface area contributed by atoms with E-state index >= 15 is 0 Å². The van der Waals surface area contributed by atoms with Crippen molar-refractivity contribution >= 4 is 29.5 Å². The largest absolute Gasteiger partial charge is 0.445 e. The molecule has 12 heteroatoms. The van der Waals surface area contributed by atoms with Crippen LogP contribution in [0.25, 0.3) is 0 Å². The number of anilines is 1. The number of piperazine rings is 2. The predicted molar refractivity (Wildman–Crippen MR) is 239 cm³/mol. The average Bonchev–Trinajstić information content (AvgIpc) is 3.90. The Morgan fingerprint density at radius 1 is 0.839 bits per heavy atom. The number of likely N-dealkylation sites (tertiary alicyclic amines) is 1. The summed E-state index contributed by atoms with van der Waals surface area (Å²) in [7, 11) is 0. The molecular formula is C50H77N5O7. The van der Waals surface area contributed by atoms with Crippen molar-refractivity contribution < 1.29 is 33.8 Å². The van der Waals surface area contributed by atoms with E-state index in [-0.39, 0.29) is 53.2 Å². The van der Waals surface area contributed by atoms with Crippen LogP contribution in [0.2, 0.25) is 0 Å². The van der Waals surface area contributed by atoms with Gasteiger partial charge in [0.15, 0.2) is 0 Å². The van der Waals surface area contributed by atoms with Crippen LogP contribution >= 0.6 is 0 Å². The van der Waals surface area contributed by atoms with Crippen LogP contribution in [0.3, 0.4) is 0 Å². The minimum absolute atomic E-state index is 0.00490. The van der Waals surface area contributed by atoms with E-state index in [4.69, 9.17) is 4.42 Å². The topological polar surface area (TPSA) is 138 Å². The summed E-state index contributed by atoms with van der Waals surface area (Å²) >= 11 is 0. The van der Waals surface area contributed by atoms with Crippen LogP contribution in [0.1, 0.15) is 117 Å². The quantitative estimate of drug-likeness (QED) is 0.245. The molecule has 0 aromatic carbocycles. The lowest BCUT2D eigenvalue weighted by Gasteiger charge is -2.64. The Morgan fingerprint density at radius 3 is 2.23 bits per heavy atom. The van der Waals surface area contributed by atoms with E-state index in [1.807, 2.05) is 11.0 Å². The van der Waals surface area contributed by atoms with Gasteiger partial charge >= 0.3 is 0 Å². The fourth-order valence-electron chi connectivity index (χ4n) is 14.8. The summed E-state index contributed by atoms with van der Waals surface area (Å²) in [4.78, 5) is 61.0. The maximum Gasteiger partial charge on any atom is 0.248 e. The van der Waals surface area contributed by atoms with Gasteiger partial charge in [0.1, 0.15) is 12.3 Å². The molecule has 12 nitrogen and oxygen atoms in total. The van der Waals surface area contributed by atoms with E-state index in [2.05, 4.69) is 44.1 Å². The Hall–Kier alpha value is -3.22. The normalized spacial score (nSPS) is 36.2. The molecule has 0 spiro atoms. The molecule has 7 fully saturated rings. The molecule has 7 aliphatic rings. The van der Waals surface area contributed by atoms with Gasteiger partial charge in [0, 0.05) is 84.2 Å². The lowest BCUT2D eigenvalue weighted by Crippen LogP contribution is -2.62. The van der Waals surface area contributed by atoms with E-state index < -0.39 is 0 Å². The van der Waals surface area contributed by atoms with E-state index in [9.17, 15) is 29.4 Å². The van der Waals surface area contributed by atoms with Crippen LogP contribution in [0, 0.1) is 58.2 Å². The van der Waals surface area contributed by atoms with Crippen LogP contribution in [0.15, 0.2) is 29.2 Å². The number of aliphatic hydroxyl groups is 2. The summed E-state index contributed by atoms with van der Waals surface area (Å²) in [6.45, 7) is 19.9. The fourth-order valence-corrected chi connectivity index (χ4v) is 14.8. The highest BCUT2D eigenvalue weighted by atomic mass is 16.4. The first-order valence-corrected chi connectivity index (χ1v) is 24.7. The molecule has 1 aromatic heterocycles. The molecule has 0 radical (unpaired) electrons. The molecule has 344 valence electrons. The molecule has 2 unspecified atom stereocenters. The Kier molecular flexibility index (Phi) is 13.7. The van der Waals surface area contributed by atoms with Gasteiger partial charge < -0.3 is 29.3 Å². The summed E-state index contributed by atoms with van der Waals surface area (Å²) in [6, 6.07) is 3.60. The van der Waals surface area contributed by atoms with E-state index in [1.54, 1.807) is 11.0 Å². The molecule has 0 bridgehead atoms. The van der Waals surface area contributed by atoms with Gasteiger partial charge in [0.05, 0.1) is 12.2 Å². The number of aryl methyl sites for hydroxylation is 1. The molecule has 4 heterocycles. The molecule has 4 saturated carbocycles. The van der Waals surface area contributed by atoms with Crippen molar-refractivity contribution in [3.05, 3.63) is 30.5 Å². The molecular weight excluding hydrogens is 783 g/mol. The van der Waals surface area contributed by atoms with E-state index in [0.29, 0.717) is 91.3 Å². The van der Waals surface area contributed by atoms with Gasteiger partial charge in [0.25, 0.3) is 0 Å². The van der Waals surface area contributed by atoms with Gasteiger partial charge in [-0.3, -0.25) is 29.0 Å². The van der Waals surface area contributed by atoms with Gasteiger partial charge in [0.2, 0.25) is 29.5 Å². The first kappa shape index (κ1) is 45.4. The van der Waals surface area contributed by atoms with Crippen LogP contribution in [-0.4, -0.2) is 131 Å². The second-order valence-electron chi connectivity index (χ2n) is 21.4. The number of aliphatic hydroxyl groups excluding tert-OH is 2. The van der Waals surface area contributed by atoms with E-state index in [1.165, 1.54) is 36.7 Å². The number of carbonyl (C=O) groups is 4. The SMILES string of the molecule is C=CC(=O)N1CCN(c2ccc(CCC(=O)N3CCC(CN4CCN(C(=O)CC[C@@H](C)[C@H]5CC[C@H]6[C@@H]7[C@H](O)C(CC)C8C[C@H](O)CC[C@]8(C)[C@H]7CC[C@]56C)CC4)CC3)o2)C(=O)C1. The van der Waals surface area contributed by atoms with Crippen molar-refractivity contribution in [1.29, 1.82) is 0 Å². The third-order valence-electron chi connectivity index (χ3n) is 18.4. The Bertz CT molecular complexity index is 1780. The first-order valence-electron chi connectivity index (χ1n) is 24.7. The van der Waals surface area contributed by atoms with Gasteiger partial charge in [-0.1, -0.05) is 40.7 Å². The first-order chi connectivity index (χ1) is 29.7. The highest BCUT2D eigenvalue weighted by Gasteiger charge is 2.65. The summed E-state index contributed by atoms with van der Waals surface area (Å²) in [6.07, 6.45) is 13.8. The van der Waals surface area contributed by atoms with E-state index in [0.717, 1.165) is 90.8 Å². The molecule has 1 aromatic rings. The Labute approximate surface area is 370 Å². The maximum absolute atomic E-state index is 13.6. The molecule has 62 heavy (non-hydrogen) atoms. The van der Waals surface area contributed by atoms with Crippen LogP contribution in [0.5, 0.6) is 0 Å². The number of furan rings is 1. The van der Waals surface area contributed by atoms with Gasteiger partial charge in [-0.05, 0) is 135 Å². The third kappa shape index (κ3) is 8.79. The lowest BCUT2D eigenvalue weighted by atomic mass is 9.41. The molecule has 4 aliphatic carbocycles. The molecule has 4 amide bonds. The van der Waals surface area contributed by atoms with Crippen molar-refractivity contribution in [1.82, 2.24) is 19.6 Å². The van der Waals surface area contributed by atoms with Crippen molar-refractivity contribution in [2.24, 2.45) is 58.2 Å². The smallest absolute Gasteiger partial charge is 0.248 e. The minimum Gasteiger partial charge on any atom is -0.445 e. The number of amides is 4. The molecule has 8 rings (SSSR count). The van der Waals surface area contributed by atoms with Crippen molar-refractivity contribution in [3.8, 4) is 0 Å². The van der Waals surface area contributed by atoms with Gasteiger partial charge in [-0.25, -0.2) is 0 Å². The Morgan fingerprint density at radius 2 is 1.52 bits per heavy atom. The minimum atomic E-state index is -0.267. The summed E-state index contributed by atoms with van der Waals surface area (Å²) < 4.78 is 5.95. The third-order valence-corrected chi connectivity index (χ3v) is 18.4. The summed E-state index contributed by atoms with van der Waals surface area (Å²) in [5.41, 5.74) is 0.441. The van der Waals surface area contributed by atoms with Gasteiger partial charge in [-0.2, -0.15) is 0 Å². The van der Waals surface area contributed by atoms with Crippen molar-refractivity contribution in [3.63, 3.8) is 0 Å². The van der Waals surface area contributed by atoms with Crippen molar-refractivity contribution in [2.75, 3.05) is 70.3 Å². The number of piperidine rings is 1. The maximum atomic E-state index is 13.6. The standard InChI is InChI=1S/C50H77N5O7/c1-6-37-41-30-35(56)16-20-50(41,5)40-17-21-49(4)38(11-12-39(49)47(40)48(37)61)33(3)8-13-43(58)53-26-24-51(25-27-53)31-34-18-22-52(23-19-34)44(59)14-9-36-10-15-46(62-36)55-29-28-54(32-45(55)60)42(57)7-2/h7,10,15,33-35,37-41,47-48,56,61H,2,6,8-9,11-14,16-32H2,1,3-5H3/t33-,35-,37?,38-,39+,40+,41?,47+,48-,49-,50-/m1/s1. The number of carbonyl (C=O) groups excluding carboxylic acids is 4. The van der Waals surface area contributed by atoms with Gasteiger partial charge in [-0.15, -0.1) is 0 Å². The lowest BCUT2D eigenvalue weighted by molar-refractivity contribution is -0.203. The molecule has 3 saturated heterocycles. The zero-order chi connectivity index (χ0) is 43.9. The van der Waals surface area contributed by atoms with Crippen LogP contribution in [0.4, 0.5) is 5.88 Å². The highest BCUT2D eigenvalue weighted by molar-refractivity contribution is 5.98. The second-order valence-corrected chi connectivity index (χ2v) is 21.4. The zero-order valence-electron chi connectivity index (χ0n) is 38.4.